The van der Waals surface area contributed by atoms with Gasteiger partial charge in [0, 0.05) is 6.42 Å². The minimum atomic E-state index is -0.245. The third kappa shape index (κ3) is 9.99. The van der Waals surface area contributed by atoms with Gasteiger partial charge in [0.1, 0.15) is 0 Å². The number of rotatable bonds is 1. The normalized spacial score (nSPS) is 6.17. The van der Waals surface area contributed by atoms with Gasteiger partial charge in [-0.15, -0.1) is 0 Å². The second-order valence-electron chi connectivity index (χ2n) is 0.820. The van der Waals surface area contributed by atoms with Crippen molar-refractivity contribution in [2.75, 3.05) is 0 Å². The first-order valence-corrected chi connectivity index (χ1v) is 1.55. The lowest BCUT2D eigenvalue weighted by Crippen LogP contribution is -2.06. The summed E-state index contributed by atoms with van der Waals surface area (Å²) in [7, 11) is 0. The molecule has 6 heavy (non-hydrogen) atoms. The molecule has 2 N–H and O–H groups in total. The summed E-state index contributed by atoms with van der Waals surface area (Å²) in [6.07, 6.45) is 0.444. The van der Waals surface area contributed by atoms with Gasteiger partial charge in [-0.2, -0.15) is 0 Å². The van der Waals surface area contributed by atoms with E-state index in [9.17, 15) is 4.79 Å². The first-order valence-electron chi connectivity index (χ1n) is 1.55. The van der Waals surface area contributed by atoms with Crippen LogP contribution in [0.3, 0.4) is 0 Å². The Labute approximate surface area is 35.7 Å². The van der Waals surface area contributed by atoms with Crippen molar-refractivity contribution >= 4 is 5.91 Å². The average molecular weight is 93.1 g/mol. The van der Waals surface area contributed by atoms with Crippen molar-refractivity contribution in [3.8, 4) is 0 Å². The van der Waals surface area contributed by atoms with Crippen LogP contribution in [0, 0.1) is 0 Å². The lowest BCUT2D eigenvalue weighted by Gasteiger charge is -1.73. The average Bonchev–Trinajstić information content (AvgIpc) is 1.38. The first-order chi connectivity index (χ1) is 2.27. The van der Waals surface area contributed by atoms with E-state index in [1.165, 1.54) is 0 Å². The van der Waals surface area contributed by atoms with Crippen molar-refractivity contribution in [2.45, 2.75) is 13.3 Å². The maximum atomic E-state index is 9.59. The third-order valence-corrected chi connectivity index (χ3v) is 0.348. The largest absolute Gasteiger partial charge is 0.370 e. The molecular weight excluding hydrogens is 85.0 g/mol. The first kappa shape index (κ1) is 9.04. The van der Waals surface area contributed by atoms with Crippen molar-refractivity contribution < 1.29 is 9.50 Å². The summed E-state index contributed by atoms with van der Waals surface area (Å²) in [5.41, 5.74) is 4.65. The Bertz CT molecular complexity index is 46.1. The van der Waals surface area contributed by atoms with E-state index in [0.717, 1.165) is 0 Å². The standard InChI is InChI=1S/C3H7NO.FH/c1-2-3(4)5;/h2H2,1H3,(H2,4,5);1H. The molecule has 0 aromatic carbocycles. The highest BCUT2D eigenvalue weighted by atomic mass is 19.0. The number of halogens is 1. The summed E-state index contributed by atoms with van der Waals surface area (Å²) in [5.74, 6) is -0.245. The van der Waals surface area contributed by atoms with Gasteiger partial charge in [0.25, 0.3) is 0 Å². The molecule has 0 saturated carbocycles. The molecule has 2 nitrogen and oxygen atoms in total. The predicted octanol–water partition coefficient (Wildman–Crippen LogP) is 0.0342. The van der Waals surface area contributed by atoms with E-state index in [1.54, 1.807) is 6.92 Å². The molecule has 0 unspecified atom stereocenters. The van der Waals surface area contributed by atoms with Crippen LogP contribution in [0.2, 0.25) is 0 Å². The molecule has 0 bridgehead atoms. The fourth-order valence-corrected chi connectivity index (χ4v) is 0. The Balaban J connectivity index is 0. The number of hydrogen-bond donors (Lipinski definition) is 1. The minimum Gasteiger partial charge on any atom is -0.370 e. The molecule has 1 amide bonds. The molecule has 0 radical (unpaired) electrons. The number of nitrogens with two attached hydrogens (primary N) is 1. The van der Waals surface area contributed by atoms with E-state index < -0.39 is 0 Å². The molecule has 0 atom stereocenters. The number of hydrogen-bond acceptors (Lipinski definition) is 1. The van der Waals surface area contributed by atoms with Crippen molar-refractivity contribution in [2.24, 2.45) is 5.73 Å². The van der Waals surface area contributed by atoms with Crippen LogP contribution in [0.15, 0.2) is 0 Å². The van der Waals surface area contributed by atoms with Crippen molar-refractivity contribution in [3.63, 3.8) is 0 Å². The Kier molecular flexibility index (Phi) is 6.63. The van der Waals surface area contributed by atoms with E-state index in [4.69, 9.17) is 0 Å². The van der Waals surface area contributed by atoms with Gasteiger partial charge in [0.15, 0.2) is 0 Å². The predicted molar refractivity (Wildman–Crippen MR) is 22.0 cm³/mol. The summed E-state index contributed by atoms with van der Waals surface area (Å²) in [4.78, 5) is 9.59. The fourth-order valence-electron chi connectivity index (χ4n) is 0. The van der Waals surface area contributed by atoms with Gasteiger partial charge in [0.2, 0.25) is 5.91 Å². The van der Waals surface area contributed by atoms with Crippen LogP contribution >= 0.6 is 0 Å². The van der Waals surface area contributed by atoms with E-state index in [1.807, 2.05) is 0 Å². The Hall–Kier alpha value is -0.600. The molecule has 0 fully saturated rings. The summed E-state index contributed by atoms with van der Waals surface area (Å²) >= 11 is 0. The van der Waals surface area contributed by atoms with Crippen LogP contribution in [-0.2, 0) is 4.79 Å². The zero-order valence-electron chi connectivity index (χ0n) is 3.60. The fraction of sp³-hybridized carbons (Fsp3) is 0.667. The molecule has 0 aliphatic rings. The Morgan fingerprint density at radius 3 is 2.00 bits per heavy atom. The SMILES string of the molecule is CCC(N)=O.F. The second kappa shape index (κ2) is 4.40. The van der Waals surface area contributed by atoms with Gasteiger partial charge in [-0.05, 0) is 0 Å². The molecule has 3 heteroatoms. The van der Waals surface area contributed by atoms with Gasteiger partial charge in [-0.3, -0.25) is 9.50 Å². The lowest BCUT2D eigenvalue weighted by molar-refractivity contribution is -0.117. The van der Waals surface area contributed by atoms with Gasteiger partial charge in [0.05, 0.1) is 0 Å². The maximum Gasteiger partial charge on any atom is 0.217 e. The Morgan fingerprint density at radius 1 is 1.83 bits per heavy atom. The molecule has 0 saturated heterocycles. The van der Waals surface area contributed by atoms with Gasteiger partial charge in [-0.25, -0.2) is 0 Å². The topological polar surface area (TPSA) is 43.1 Å². The summed E-state index contributed by atoms with van der Waals surface area (Å²) in [6, 6.07) is 0. The summed E-state index contributed by atoms with van der Waals surface area (Å²) < 4.78 is 0. The summed E-state index contributed by atoms with van der Waals surface area (Å²) in [6.45, 7) is 1.72. The number of amides is 1. The van der Waals surface area contributed by atoms with Crippen molar-refractivity contribution in [1.29, 1.82) is 0 Å². The van der Waals surface area contributed by atoms with E-state index >= 15 is 0 Å². The van der Waals surface area contributed by atoms with Crippen molar-refractivity contribution in [1.82, 2.24) is 0 Å². The van der Waals surface area contributed by atoms with Crippen LogP contribution in [-0.4, -0.2) is 5.91 Å². The summed E-state index contributed by atoms with van der Waals surface area (Å²) in [5, 5.41) is 0. The zero-order chi connectivity index (χ0) is 4.28. The molecule has 0 aliphatic carbocycles. The molecule has 0 heterocycles. The van der Waals surface area contributed by atoms with Crippen LogP contribution in [0.1, 0.15) is 13.3 Å². The molecule has 0 aliphatic heterocycles. The van der Waals surface area contributed by atoms with Gasteiger partial charge < -0.3 is 5.73 Å². The number of primary amides is 1. The monoisotopic (exact) mass is 93.1 g/mol. The minimum absolute atomic E-state index is 0. The lowest BCUT2D eigenvalue weighted by atomic mass is 10.5. The van der Waals surface area contributed by atoms with Crippen LogP contribution in [0.25, 0.3) is 0 Å². The number of carbonyl (C=O) groups is 1. The van der Waals surface area contributed by atoms with E-state index in [-0.39, 0.29) is 10.6 Å². The molecule has 0 spiro atoms. The highest BCUT2D eigenvalue weighted by molar-refractivity contribution is 5.73. The molecule has 0 rings (SSSR count). The van der Waals surface area contributed by atoms with E-state index in [2.05, 4.69) is 5.73 Å². The highest BCUT2D eigenvalue weighted by Gasteiger charge is 1.77. The van der Waals surface area contributed by atoms with Gasteiger partial charge in [-0.1, -0.05) is 6.92 Å². The molecule has 0 aromatic rings. The molecule has 0 aromatic heterocycles. The van der Waals surface area contributed by atoms with Crippen LogP contribution in [0.5, 0.6) is 0 Å². The Morgan fingerprint density at radius 2 is 2.00 bits per heavy atom. The van der Waals surface area contributed by atoms with Crippen LogP contribution in [0.4, 0.5) is 4.70 Å². The third-order valence-electron chi connectivity index (χ3n) is 0.348. The zero-order valence-corrected chi connectivity index (χ0v) is 3.60. The highest BCUT2D eigenvalue weighted by Crippen LogP contribution is 1.63. The maximum absolute atomic E-state index is 9.59. The molecule has 38 valence electrons. The van der Waals surface area contributed by atoms with Crippen molar-refractivity contribution in [3.05, 3.63) is 0 Å². The quantitative estimate of drug-likeness (QED) is 0.488. The smallest absolute Gasteiger partial charge is 0.217 e. The molecular formula is C3H8FNO. The number of carbonyl (C=O) groups excluding carboxylic acids is 1. The van der Waals surface area contributed by atoms with Gasteiger partial charge >= 0.3 is 0 Å². The van der Waals surface area contributed by atoms with Crippen LogP contribution < -0.4 is 5.73 Å². The van der Waals surface area contributed by atoms with E-state index in [0.29, 0.717) is 6.42 Å². The second-order valence-corrected chi connectivity index (χ2v) is 0.820.